The molecule has 0 atom stereocenters. The normalized spacial score (nSPS) is 13.6. The largest absolute Gasteiger partial charge is 0.563 e. The van der Waals surface area contributed by atoms with Crippen molar-refractivity contribution in [2.75, 3.05) is 13.2 Å². The van der Waals surface area contributed by atoms with Gasteiger partial charge in [-0.2, -0.15) is 0 Å². The van der Waals surface area contributed by atoms with Gasteiger partial charge in [-0.25, -0.2) is 0 Å². The van der Waals surface area contributed by atoms with Crippen LogP contribution in [-0.4, -0.2) is 49.7 Å². The molecule has 6 aromatic carbocycles. The molecule has 14 heteroatoms. The number of hydrogen-bond donors (Lipinski definition) is 0. The van der Waals surface area contributed by atoms with Gasteiger partial charge in [0.2, 0.25) is 0 Å². The molecule has 0 aliphatic carbocycles. The van der Waals surface area contributed by atoms with E-state index in [-0.39, 0.29) is 24.6 Å². The fourth-order valence-corrected chi connectivity index (χ4v) is 5.94. The van der Waals surface area contributed by atoms with Crippen LogP contribution < -0.4 is 20.2 Å². The summed E-state index contributed by atoms with van der Waals surface area (Å²) in [5, 5.41) is 23.2. The van der Waals surface area contributed by atoms with E-state index in [0.29, 0.717) is 57.8 Å². The molecule has 0 fully saturated rings. The van der Waals surface area contributed by atoms with Gasteiger partial charge in [0.15, 0.2) is 0 Å². The summed E-state index contributed by atoms with van der Waals surface area (Å²) < 4.78 is 25.4. The zero-order chi connectivity index (χ0) is 38.7. The van der Waals surface area contributed by atoms with Crippen molar-refractivity contribution in [2.45, 2.75) is 12.8 Å². The minimum atomic E-state index is -0.938. The SMILES string of the molecule is O=[N+]([O-])c1cccc(B2OCCc3ccc(cc3)N=Cc3ccccc3OB(c3cccc([N+](=O)[O-])c3)OCCc3ccc(cc3)N=Cc3ccccc3O2)c1. The summed E-state index contributed by atoms with van der Waals surface area (Å²) in [7, 11) is -1.88. The number of nitrogens with zero attached hydrogens (tertiary/aromatic N) is 4. The minimum absolute atomic E-state index is 0.0665. The van der Waals surface area contributed by atoms with E-state index in [1.165, 1.54) is 24.3 Å². The van der Waals surface area contributed by atoms with Crippen molar-refractivity contribution in [1.29, 1.82) is 0 Å². The second kappa shape index (κ2) is 18.0. The fraction of sp³-hybridized carbons (Fsp3) is 0.0952. The summed E-state index contributed by atoms with van der Waals surface area (Å²) in [5.41, 5.74) is 5.65. The number of aliphatic imine (C=N–C) groups is 2. The number of rotatable bonds is 4. The van der Waals surface area contributed by atoms with E-state index < -0.39 is 24.1 Å². The molecule has 4 aliphatic rings. The zero-order valence-electron chi connectivity index (χ0n) is 30.0. The quantitative estimate of drug-likeness (QED) is 0.103. The van der Waals surface area contributed by atoms with Crippen molar-refractivity contribution in [1.82, 2.24) is 0 Å². The summed E-state index contributed by atoms with van der Waals surface area (Å²) in [5.74, 6) is 0.986. The van der Waals surface area contributed by atoms with Crippen molar-refractivity contribution in [3.8, 4) is 11.5 Å². The fourth-order valence-electron chi connectivity index (χ4n) is 5.94. The van der Waals surface area contributed by atoms with Crippen LogP contribution in [0.25, 0.3) is 0 Å². The first-order chi connectivity index (χ1) is 27.4. The standard InChI is InChI=1S/C42H34B2N4O8/c49-47(50)39-11-5-9-35(27-39)43-53-25-23-32-17-21-38(22-18-32)46-30-34-8-2-4-14-42(34)56-44(36-10-6-12-40(28-36)48(51)52)54-26-24-31-15-19-37(20-16-31)45-29-33-7-1-3-13-41(33)55-43/h1-22,27-30H,23-26H2. The number of non-ortho nitro benzene ring substituents is 2. The molecule has 0 amide bonds. The maximum absolute atomic E-state index is 11.6. The molecule has 0 spiro atoms. The number of nitro groups is 2. The molecule has 0 saturated heterocycles. The Morgan fingerprint density at radius 1 is 0.500 bits per heavy atom. The lowest BCUT2D eigenvalue weighted by Gasteiger charge is -2.18. The highest BCUT2D eigenvalue weighted by atomic mass is 16.6. The highest BCUT2D eigenvalue weighted by Gasteiger charge is 2.28. The Morgan fingerprint density at radius 2 is 0.911 bits per heavy atom. The summed E-state index contributed by atoms with van der Waals surface area (Å²) >= 11 is 0. The van der Waals surface area contributed by atoms with Crippen LogP contribution in [-0.2, 0) is 22.2 Å². The van der Waals surface area contributed by atoms with Crippen LogP contribution >= 0.6 is 0 Å². The van der Waals surface area contributed by atoms with Gasteiger partial charge in [-0.3, -0.25) is 30.2 Å². The number of hydrogen-bond acceptors (Lipinski definition) is 10. The summed E-state index contributed by atoms with van der Waals surface area (Å²) in [4.78, 5) is 31.7. The van der Waals surface area contributed by atoms with Gasteiger partial charge >= 0.3 is 14.2 Å². The van der Waals surface area contributed by atoms with E-state index >= 15 is 0 Å². The molecule has 4 bridgehead atoms. The molecule has 12 nitrogen and oxygen atoms in total. The van der Waals surface area contributed by atoms with Gasteiger partial charge in [0, 0.05) is 72.0 Å². The van der Waals surface area contributed by atoms with Crippen molar-refractivity contribution in [3.63, 3.8) is 0 Å². The highest BCUT2D eigenvalue weighted by molar-refractivity contribution is 6.62. The Balaban J connectivity index is 1.20. The van der Waals surface area contributed by atoms with Crippen LogP contribution in [0.1, 0.15) is 22.3 Å². The number of benzene rings is 6. The van der Waals surface area contributed by atoms with E-state index in [2.05, 4.69) is 9.98 Å². The molecule has 276 valence electrons. The molecular weight excluding hydrogens is 710 g/mol. The Hall–Kier alpha value is -6.89. The average molecular weight is 744 g/mol. The molecule has 10 rings (SSSR count). The average Bonchev–Trinajstić information content (AvgIpc) is 3.23. The summed E-state index contributed by atoms with van der Waals surface area (Å²) in [6, 6.07) is 42.6. The van der Waals surface area contributed by atoms with Gasteiger partial charge in [-0.15, -0.1) is 0 Å². The second-order valence-electron chi connectivity index (χ2n) is 12.8. The van der Waals surface area contributed by atoms with Crippen molar-refractivity contribution in [2.24, 2.45) is 9.98 Å². The van der Waals surface area contributed by atoms with Crippen molar-refractivity contribution in [3.05, 3.63) is 188 Å². The maximum atomic E-state index is 11.6. The first-order valence-electron chi connectivity index (χ1n) is 17.9. The predicted molar refractivity (Wildman–Crippen MR) is 218 cm³/mol. The molecule has 0 N–H and O–H groups in total. The van der Waals surface area contributed by atoms with Crippen molar-refractivity contribution >= 4 is 60.3 Å². The Morgan fingerprint density at radius 3 is 1.32 bits per heavy atom. The Bertz CT molecular complexity index is 2210. The smallest absolute Gasteiger partial charge is 0.532 e. The van der Waals surface area contributed by atoms with E-state index in [9.17, 15) is 20.2 Å². The Kier molecular flexibility index (Phi) is 12.0. The molecule has 4 heterocycles. The molecule has 0 radical (unpaired) electrons. The van der Waals surface area contributed by atoms with Crippen LogP contribution in [0.4, 0.5) is 22.7 Å². The predicted octanol–water partition coefficient (Wildman–Crippen LogP) is 7.38. The van der Waals surface area contributed by atoms with E-state index in [0.717, 1.165) is 11.1 Å². The highest BCUT2D eigenvalue weighted by Crippen LogP contribution is 2.23. The van der Waals surface area contributed by atoms with Gasteiger partial charge < -0.3 is 18.6 Å². The van der Waals surface area contributed by atoms with Crippen molar-refractivity contribution < 1.29 is 28.5 Å². The van der Waals surface area contributed by atoms with Crippen LogP contribution in [0.2, 0.25) is 0 Å². The third-order valence-corrected chi connectivity index (χ3v) is 8.91. The van der Waals surface area contributed by atoms with Gasteiger partial charge in [0.05, 0.1) is 21.2 Å². The molecule has 6 aromatic rings. The summed E-state index contributed by atoms with van der Waals surface area (Å²) in [6.45, 7) is 0.522. The van der Waals surface area contributed by atoms with E-state index in [1.807, 2.05) is 84.9 Å². The molecule has 0 unspecified atom stereocenters. The molecule has 4 aliphatic heterocycles. The Labute approximate surface area is 323 Å². The molecule has 0 saturated carbocycles. The lowest BCUT2D eigenvalue weighted by molar-refractivity contribution is -0.385. The van der Waals surface area contributed by atoms with Gasteiger partial charge in [0.1, 0.15) is 11.5 Å². The number of para-hydroxylation sites is 2. The topological polar surface area (TPSA) is 148 Å². The van der Waals surface area contributed by atoms with Crippen LogP contribution in [0.3, 0.4) is 0 Å². The molecular formula is C42H34B2N4O8. The number of nitro benzene ring substituents is 2. The van der Waals surface area contributed by atoms with Crippen LogP contribution in [0, 0.1) is 20.2 Å². The molecule has 56 heavy (non-hydrogen) atoms. The summed E-state index contributed by atoms with van der Waals surface area (Å²) in [6.07, 6.45) is 4.47. The van der Waals surface area contributed by atoms with Gasteiger partial charge in [-0.1, -0.05) is 72.8 Å². The second-order valence-corrected chi connectivity index (χ2v) is 12.8. The zero-order valence-corrected chi connectivity index (χ0v) is 30.0. The van der Waals surface area contributed by atoms with Gasteiger partial charge in [-0.05, 0) is 72.5 Å². The lowest BCUT2D eigenvalue weighted by Crippen LogP contribution is -2.40. The lowest BCUT2D eigenvalue weighted by atomic mass is 9.78. The van der Waals surface area contributed by atoms with Crippen LogP contribution in [0.15, 0.2) is 156 Å². The first-order valence-corrected chi connectivity index (χ1v) is 17.9. The molecule has 0 aromatic heterocycles. The monoisotopic (exact) mass is 744 g/mol. The van der Waals surface area contributed by atoms with Gasteiger partial charge in [0.25, 0.3) is 11.4 Å². The first kappa shape index (κ1) is 37.4. The van der Waals surface area contributed by atoms with E-state index in [1.54, 1.807) is 48.8 Å². The van der Waals surface area contributed by atoms with Crippen LogP contribution in [0.5, 0.6) is 11.5 Å². The minimum Gasteiger partial charge on any atom is -0.532 e. The third-order valence-electron chi connectivity index (χ3n) is 8.91. The maximum Gasteiger partial charge on any atom is 0.563 e. The van der Waals surface area contributed by atoms with E-state index in [4.69, 9.17) is 18.6 Å². The third kappa shape index (κ3) is 9.80.